The van der Waals surface area contributed by atoms with Gasteiger partial charge in [-0.25, -0.2) is 0 Å². The Bertz CT molecular complexity index is 160. The molecule has 6 heteroatoms. The smallest absolute Gasteiger partial charge is 0.155 e. The predicted octanol–water partition coefficient (Wildman–Crippen LogP) is -0.706. The number of piperazine rings is 1. The van der Waals surface area contributed by atoms with E-state index in [0.717, 1.165) is 39.3 Å². The molecule has 1 saturated heterocycles. The Hall–Kier alpha value is -0.720. The van der Waals surface area contributed by atoms with E-state index < -0.39 is 0 Å². The third-order valence-electron chi connectivity index (χ3n) is 2.43. The van der Waals surface area contributed by atoms with Gasteiger partial charge in [0.15, 0.2) is 5.34 Å². The van der Waals surface area contributed by atoms with Gasteiger partial charge >= 0.3 is 0 Å². The summed E-state index contributed by atoms with van der Waals surface area (Å²) in [6, 6.07) is 0. The molecule has 0 bridgehead atoms. The molecule has 0 atom stereocenters. The molecule has 0 aliphatic carbocycles. The maximum atomic E-state index is 9.66. The Labute approximate surface area is 83.4 Å². The molecule has 1 heterocycles. The van der Waals surface area contributed by atoms with Crippen LogP contribution in [0.2, 0.25) is 0 Å². The van der Waals surface area contributed by atoms with E-state index in [4.69, 9.17) is 5.11 Å². The summed E-state index contributed by atoms with van der Waals surface area (Å²) in [7, 11) is 0. The van der Waals surface area contributed by atoms with Crippen molar-refractivity contribution in [2.45, 2.75) is 0 Å². The summed E-state index contributed by atoms with van der Waals surface area (Å²) >= 11 is 0. The lowest BCUT2D eigenvalue weighted by atomic mass is 10.3. The van der Waals surface area contributed by atoms with Crippen LogP contribution in [0, 0.1) is 4.91 Å². The van der Waals surface area contributed by atoms with Crippen molar-refractivity contribution < 1.29 is 9.94 Å². The summed E-state index contributed by atoms with van der Waals surface area (Å²) in [6.45, 7) is 5.94. The minimum Gasteiger partial charge on any atom is -0.395 e. The molecular formula is C8H17N3O3. The number of rotatable bonds is 6. The second kappa shape index (κ2) is 6.69. The van der Waals surface area contributed by atoms with Crippen molar-refractivity contribution in [2.75, 3.05) is 52.5 Å². The fraction of sp³-hybridized carbons (Fsp3) is 1.00. The van der Waals surface area contributed by atoms with Crippen molar-refractivity contribution in [3.8, 4) is 0 Å². The molecule has 1 aliphatic heterocycles. The van der Waals surface area contributed by atoms with E-state index >= 15 is 0 Å². The molecule has 0 aromatic rings. The first-order chi connectivity index (χ1) is 6.86. The highest BCUT2D eigenvalue weighted by Gasteiger charge is 2.15. The maximum Gasteiger partial charge on any atom is 0.155 e. The van der Waals surface area contributed by atoms with Crippen molar-refractivity contribution in [1.29, 1.82) is 0 Å². The molecular weight excluding hydrogens is 186 g/mol. The van der Waals surface area contributed by atoms with Crippen molar-refractivity contribution in [1.82, 2.24) is 9.80 Å². The molecule has 0 amide bonds. The highest BCUT2D eigenvalue weighted by atomic mass is 16.7. The zero-order valence-electron chi connectivity index (χ0n) is 8.26. The molecule has 6 nitrogen and oxygen atoms in total. The van der Waals surface area contributed by atoms with Gasteiger partial charge in [0.25, 0.3) is 0 Å². The summed E-state index contributed by atoms with van der Waals surface area (Å²) < 4.78 is 0. The summed E-state index contributed by atoms with van der Waals surface area (Å²) in [4.78, 5) is 18.5. The van der Waals surface area contributed by atoms with Gasteiger partial charge in [0.1, 0.15) is 6.61 Å². The van der Waals surface area contributed by atoms with E-state index in [1.165, 1.54) is 0 Å². The molecule has 0 unspecified atom stereocenters. The lowest BCUT2D eigenvalue weighted by Crippen LogP contribution is -2.47. The van der Waals surface area contributed by atoms with Crippen molar-refractivity contribution >= 4 is 0 Å². The lowest BCUT2D eigenvalue weighted by molar-refractivity contribution is 0.0711. The predicted molar refractivity (Wildman–Crippen MR) is 51.7 cm³/mol. The van der Waals surface area contributed by atoms with Crippen LogP contribution in [0.3, 0.4) is 0 Å². The topological polar surface area (TPSA) is 65.4 Å². The minimum atomic E-state index is 0.220. The molecule has 0 aromatic heterocycles. The Morgan fingerprint density at radius 3 is 2.21 bits per heavy atom. The molecule has 1 fully saturated rings. The number of β-amino-alcohol motifs (C(OH)–C–C–N with tert-alkyl or cyclic N) is 1. The van der Waals surface area contributed by atoms with Crippen molar-refractivity contribution in [2.24, 2.45) is 5.34 Å². The summed E-state index contributed by atoms with van der Waals surface area (Å²) in [6.07, 6.45) is 0. The Balaban J connectivity index is 2.06. The second-order valence-electron chi connectivity index (χ2n) is 3.31. The van der Waals surface area contributed by atoms with Gasteiger partial charge < -0.3 is 9.94 Å². The standard InChI is InChI=1S/C8H17N3O3/c12-7-5-10-1-3-11(4-2-10)6-8-14-9-13/h12H,1-8H2. The molecule has 1 aliphatic rings. The number of aliphatic hydroxyl groups excluding tert-OH is 1. The van der Waals surface area contributed by atoms with Gasteiger partial charge in [0.2, 0.25) is 0 Å². The number of hydrogen-bond acceptors (Lipinski definition) is 6. The van der Waals surface area contributed by atoms with Gasteiger partial charge in [-0.05, 0) is 0 Å². The zero-order valence-corrected chi connectivity index (χ0v) is 8.26. The van der Waals surface area contributed by atoms with E-state index in [-0.39, 0.29) is 6.61 Å². The van der Waals surface area contributed by atoms with Gasteiger partial charge in [-0.3, -0.25) is 9.80 Å². The lowest BCUT2D eigenvalue weighted by Gasteiger charge is -2.33. The number of hydrogen-bond donors (Lipinski definition) is 1. The van der Waals surface area contributed by atoms with Crippen LogP contribution < -0.4 is 0 Å². The van der Waals surface area contributed by atoms with E-state index in [0.29, 0.717) is 6.61 Å². The Kier molecular flexibility index (Phi) is 5.43. The van der Waals surface area contributed by atoms with Crippen LogP contribution in [0.15, 0.2) is 5.34 Å². The molecule has 1 rings (SSSR count). The van der Waals surface area contributed by atoms with Crippen LogP contribution in [0.4, 0.5) is 0 Å². The van der Waals surface area contributed by atoms with E-state index in [9.17, 15) is 4.91 Å². The van der Waals surface area contributed by atoms with Gasteiger partial charge in [-0.15, -0.1) is 4.91 Å². The Morgan fingerprint density at radius 1 is 1.14 bits per heavy atom. The van der Waals surface area contributed by atoms with E-state index in [2.05, 4.69) is 20.0 Å². The van der Waals surface area contributed by atoms with Crippen LogP contribution in [0.1, 0.15) is 0 Å². The van der Waals surface area contributed by atoms with Gasteiger partial charge in [-0.2, -0.15) is 0 Å². The van der Waals surface area contributed by atoms with E-state index in [1.54, 1.807) is 0 Å². The van der Waals surface area contributed by atoms with Crippen LogP contribution in [0.5, 0.6) is 0 Å². The molecule has 0 saturated carbocycles. The molecule has 1 N–H and O–H groups in total. The summed E-state index contributed by atoms with van der Waals surface area (Å²) in [5.41, 5.74) is 0. The molecule has 82 valence electrons. The average molecular weight is 203 g/mol. The Morgan fingerprint density at radius 2 is 1.71 bits per heavy atom. The second-order valence-corrected chi connectivity index (χ2v) is 3.31. The SMILES string of the molecule is O=NOCCN1CCN(CCO)CC1. The first kappa shape index (κ1) is 11.4. The average Bonchev–Trinajstić information content (AvgIpc) is 2.21. The summed E-state index contributed by atoms with van der Waals surface area (Å²) in [5.74, 6) is 0. The number of nitrogens with zero attached hydrogens (tertiary/aromatic N) is 3. The van der Waals surface area contributed by atoms with Gasteiger partial charge in [-0.1, -0.05) is 0 Å². The van der Waals surface area contributed by atoms with Crippen molar-refractivity contribution in [3.63, 3.8) is 0 Å². The van der Waals surface area contributed by atoms with Crippen LogP contribution in [-0.2, 0) is 4.84 Å². The third kappa shape index (κ3) is 3.99. The van der Waals surface area contributed by atoms with Gasteiger partial charge in [0, 0.05) is 39.3 Å². The molecule has 14 heavy (non-hydrogen) atoms. The van der Waals surface area contributed by atoms with Crippen LogP contribution in [-0.4, -0.2) is 67.4 Å². The summed E-state index contributed by atoms with van der Waals surface area (Å²) in [5, 5.41) is 11.1. The molecule has 0 aromatic carbocycles. The number of aliphatic hydroxyl groups is 1. The first-order valence-electron chi connectivity index (χ1n) is 4.87. The monoisotopic (exact) mass is 203 g/mol. The first-order valence-corrected chi connectivity index (χ1v) is 4.87. The highest BCUT2D eigenvalue weighted by molar-refractivity contribution is 4.71. The normalized spacial score (nSPS) is 19.5. The fourth-order valence-corrected chi connectivity index (χ4v) is 1.59. The molecule has 0 radical (unpaired) electrons. The third-order valence-corrected chi connectivity index (χ3v) is 2.43. The minimum absolute atomic E-state index is 0.220. The largest absolute Gasteiger partial charge is 0.395 e. The maximum absolute atomic E-state index is 9.66. The van der Waals surface area contributed by atoms with Crippen molar-refractivity contribution in [3.05, 3.63) is 4.91 Å². The fourth-order valence-electron chi connectivity index (χ4n) is 1.59. The zero-order chi connectivity index (χ0) is 10.2. The van der Waals surface area contributed by atoms with Crippen LogP contribution in [0.25, 0.3) is 0 Å². The highest BCUT2D eigenvalue weighted by Crippen LogP contribution is 2.00. The quantitative estimate of drug-likeness (QED) is 0.351. The molecule has 0 spiro atoms. The van der Waals surface area contributed by atoms with E-state index in [1.807, 2.05) is 0 Å². The van der Waals surface area contributed by atoms with Gasteiger partial charge in [0.05, 0.1) is 6.61 Å². The van der Waals surface area contributed by atoms with Crippen LogP contribution >= 0.6 is 0 Å².